The summed E-state index contributed by atoms with van der Waals surface area (Å²) in [7, 11) is 1.48. The summed E-state index contributed by atoms with van der Waals surface area (Å²) in [4.78, 5) is 21.6. The van der Waals surface area contributed by atoms with Crippen molar-refractivity contribution in [2.45, 2.75) is 32.6 Å². The molecule has 3 rings (SSSR count). The number of hydrogen-bond acceptors (Lipinski definition) is 4. The Labute approximate surface area is 198 Å². The van der Waals surface area contributed by atoms with E-state index < -0.39 is 0 Å². The number of piperidine rings is 1. The van der Waals surface area contributed by atoms with Gasteiger partial charge in [0.15, 0.2) is 5.96 Å². The number of rotatable bonds is 7. The summed E-state index contributed by atoms with van der Waals surface area (Å²) >= 11 is 0. The Bertz CT molecular complexity index is 662. The standard InChI is InChI=1S/C23H36N4O2.HI/c1-3-24-23(27-15-11-21(12-16-27)22(28)29-2)25-17-20-10-14-26(18-20)13-9-19-7-5-4-6-8-19;/h4-8,20-21H,3,9-18H2,1-2H3,(H,24,25);1H. The quantitative estimate of drug-likeness (QED) is 0.255. The SMILES string of the molecule is CCNC(=NCC1CCN(CCc2ccccc2)C1)N1CCC(C(=O)OC)CC1.I. The first-order valence-corrected chi connectivity index (χ1v) is 11.1. The number of halogens is 1. The summed E-state index contributed by atoms with van der Waals surface area (Å²) in [5, 5.41) is 3.44. The fraction of sp³-hybridized carbons (Fsp3) is 0.652. The van der Waals surface area contributed by atoms with Crippen LogP contribution in [-0.2, 0) is 16.0 Å². The molecule has 7 heteroatoms. The molecular weight excluding hydrogens is 491 g/mol. The Morgan fingerprint density at radius 3 is 2.57 bits per heavy atom. The number of carbonyl (C=O) groups is 1. The smallest absolute Gasteiger partial charge is 0.308 e. The van der Waals surface area contributed by atoms with E-state index >= 15 is 0 Å². The molecule has 2 aliphatic rings. The molecule has 1 aromatic rings. The van der Waals surface area contributed by atoms with Crippen LogP contribution in [0.25, 0.3) is 0 Å². The number of methoxy groups -OCH3 is 1. The second-order valence-corrected chi connectivity index (χ2v) is 8.17. The summed E-state index contributed by atoms with van der Waals surface area (Å²) in [5.41, 5.74) is 1.42. The maximum atomic E-state index is 11.8. The van der Waals surface area contributed by atoms with Crippen molar-refractivity contribution >= 4 is 35.9 Å². The molecule has 1 aromatic carbocycles. The lowest BCUT2D eigenvalue weighted by Gasteiger charge is -2.33. The highest BCUT2D eigenvalue weighted by Crippen LogP contribution is 2.20. The number of aliphatic imine (C=N–C) groups is 1. The Morgan fingerprint density at radius 2 is 1.90 bits per heavy atom. The lowest BCUT2D eigenvalue weighted by atomic mass is 9.97. The van der Waals surface area contributed by atoms with Gasteiger partial charge in [0.1, 0.15) is 0 Å². The number of likely N-dealkylation sites (tertiary alicyclic amines) is 2. The van der Waals surface area contributed by atoms with Gasteiger partial charge in [-0.2, -0.15) is 0 Å². The van der Waals surface area contributed by atoms with E-state index in [2.05, 4.69) is 52.4 Å². The van der Waals surface area contributed by atoms with Crippen LogP contribution in [-0.4, -0.2) is 74.7 Å². The van der Waals surface area contributed by atoms with Crippen molar-refractivity contribution in [3.05, 3.63) is 35.9 Å². The Morgan fingerprint density at radius 1 is 1.17 bits per heavy atom. The molecule has 0 amide bonds. The molecule has 2 heterocycles. The molecule has 6 nitrogen and oxygen atoms in total. The first-order chi connectivity index (χ1) is 14.2. The number of guanidine groups is 1. The van der Waals surface area contributed by atoms with Gasteiger partial charge in [-0.1, -0.05) is 30.3 Å². The van der Waals surface area contributed by atoms with Crippen LogP contribution in [0, 0.1) is 11.8 Å². The molecule has 0 radical (unpaired) electrons. The predicted octanol–water partition coefficient (Wildman–Crippen LogP) is 3.02. The van der Waals surface area contributed by atoms with Crippen molar-refractivity contribution in [3.63, 3.8) is 0 Å². The molecule has 1 N–H and O–H groups in total. The molecule has 2 fully saturated rings. The average Bonchev–Trinajstić information content (AvgIpc) is 3.23. The third-order valence-corrected chi connectivity index (χ3v) is 6.09. The second kappa shape index (κ2) is 13.1. The minimum absolute atomic E-state index is 0. The summed E-state index contributed by atoms with van der Waals surface area (Å²) in [6.45, 7) is 9.01. The molecule has 1 unspecified atom stereocenters. The highest BCUT2D eigenvalue weighted by atomic mass is 127. The molecule has 0 aliphatic carbocycles. The van der Waals surface area contributed by atoms with Crippen LogP contribution in [0.1, 0.15) is 31.7 Å². The fourth-order valence-electron chi connectivity index (χ4n) is 4.33. The first kappa shape index (κ1) is 24.9. The number of carbonyl (C=O) groups excluding carboxylic acids is 1. The minimum Gasteiger partial charge on any atom is -0.469 e. The van der Waals surface area contributed by atoms with E-state index in [0.29, 0.717) is 5.92 Å². The van der Waals surface area contributed by atoms with Crippen LogP contribution in [0.4, 0.5) is 0 Å². The van der Waals surface area contributed by atoms with Crippen molar-refractivity contribution in [1.82, 2.24) is 15.1 Å². The molecule has 0 aromatic heterocycles. The van der Waals surface area contributed by atoms with Gasteiger partial charge < -0.3 is 19.9 Å². The molecule has 1 atom stereocenters. The first-order valence-electron chi connectivity index (χ1n) is 11.1. The van der Waals surface area contributed by atoms with Crippen LogP contribution in [0.5, 0.6) is 0 Å². The van der Waals surface area contributed by atoms with Gasteiger partial charge in [-0.3, -0.25) is 9.79 Å². The van der Waals surface area contributed by atoms with E-state index in [1.54, 1.807) is 0 Å². The predicted molar refractivity (Wildman–Crippen MR) is 132 cm³/mol. The summed E-state index contributed by atoms with van der Waals surface area (Å²) in [6.07, 6.45) is 4.03. The highest BCUT2D eigenvalue weighted by Gasteiger charge is 2.27. The maximum Gasteiger partial charge on any atom is 0.308 e. The fourth-order valence-corrected chi connectivity index (χ4v) is 4.33. The third-order valence-electron chi connectivity index (χ3n) is 6.09. The molecule has 0 bridgehead atoms. The number of nitrogens with one attached hydrogen (secondary N) is 1. The number of hydrogen-bond donors (Lipinski definition) is 1. The third kappa shape index (κ3) is 7.41. The van der Waals surface area contributed by atoms with Crippen LogP contribution < -0.4 is 5.32 Å². The van der Waals surface area contributed by atoms with Crippen molar-refractivity contribution in [3.8, 4) is 0 Å². The van der Waals surface area contributed by atoms with Crippen molar-refractivity contribution in [2.24, 2.45) is 16.8 Å². The Kier molecular flexibility index (Phi) is 10.9. The van der Waals surface area contributed by atoms with Crippen molar-refractivity contribution in [1.29, 1.82) is 0 Å². The van der Waals surface area contributed by atoms with Gasteiger partial charge in [0, 0.05) is 39.3 Å². The highest BCUT2D eigenvalue weighted by molar-refractivity contribution is 14.0. The Balaban J connectivity index is 0.00000320. The lowest BCUT2D eigenvalue weighted by Crippen LogP contribution is -2.46. The number of ether oxygens (including phenoxy) is 1. The van der Waals surface area contributed by atoms with Crippen LogP contribution >= 0.6 is 24.0 Å². The van der Waals surface area contributed by atoms with E-state index in [9.17, 15) is 4.79 Å². The largest absolute Gasteiger partial charge is 0.469 e. The maximum absolute atomic E-state index is 11.8. The van der Waals surface area contributed by atoms with Crippen LogP contribution in [0.2, 0.25) is 0 Å². The second-order valence-electron chi connectivity index (χ2n) is 8.17. The van der Waals surface area contributed by atoms with Gasteiger partial charge in [-0.15, -0.1) is 24.0 Å². The van der Waals surface area contributed by atoms with Gasteiger partial charge in [0.2, 0.25) is 0 Å². The van der Waals surface area contributed by atoms with E-state index in [0.717, 1.165) is 64.5 Å². The van der Waals surface area contributed by atoms with E-state index in [1.165, 1.54) is 25.6 Å². The average molecular weight is 528 g/mol. The van der Waals surface area contributed by atoms with Gasteiger partial charge >= 0.3 is 5.97 Å². The molecule has 0 saturated carbocycles. The zero-order valence-electron chi connectivity index (χ0n) is 18.4. The normalized spacial score (nSPS) is 20.7. The minimum atomic E-state index is -0.0758. The zero-order chi connectivity index (χ0) is 20.5. The van der Waals surface area contributed by atoms with Gasteiger partial charge in [0.05, 0.1) is 13.0 Å². The molecule has 2 aliphatic heterocycles. The lowest BCUT2D eigenvalue weighted by molar-refractivity contribution is -0.146. The Hall–Kier alpha value is -1.35. The van der Waals surface area contributed by atoms with Gasteiger partial charge in [-0.25, -0.2) is 0 Å². The topological polar surface area (TPSA) is 57.2 Å². The summed E-state index contributed by atoms with van der Waals surface area (Å²) in [6, 6.07) is 10.7. The zero-order valence-corrected chi connectivity index (χ0v) is 20.7. The molecule has 30 heavy (non-hydrogen) atoms. The molecule has 0 spiro atoms. The molecule has 168 valence electrons. The van der Waals surface area contributed by atoms with Crippen LogP contribution in [0.3, 0.4) is 0 Å². The summed E-state index contributed by atoms with van der Waals surface area (Å²) in [5.74, 6) is 1.59. The number of benzene rings is 1. The molecule has 2 saturated heterocycles. The van der Waals surface area contributed by atoms with Gasteiger partial charge in [-0.05, 0) is 50.6 Å². The van der Waals surface area contributed by atoms with E-state index in [1.807, 2.05) is 0 Å². The summed E-state index contributed by atoms with van der Waals surface area (Å²) < 4.78 is 4.90. The van der Waals surface area contributed by atoms with E-state index in [4.69, 9.17) is 9.73 Å². The number of esters is 1. The van der Waals surface area contributed by atoms with Crippen molar-refractivity contribution in [2.75, 3.05) is 52.9 Å². The van der Waals surface area contributed by atoms with Crippen LogP contribution in [0.15, 0.2) is 35.3 Å². The molecular formula is C23H37IN4O2. The van der Waals surface area contributed by atoms with E-state index in [-0.39, 0.29) is 35.9 Å². The number of nitrogens with zero attached hydrogens (tertiary/aromatic N) is 3. The van der Waals surface area contributed by atoms with Crippen molar-refractivity contribution < 1.29 is 9.53 Å². The van der Waals surface area contributed by atoms with Gasteiger partial charge in [0.25, 0.3) is 0 Å². The monoisotopic (exact) mass is 528 g/mol.